The van der Waals surface area contributed by atoms with Crippen LogP contribution in [0.4, 0.5) is 5.69 Å². The molecule has 1 aliphatic heterocycles. The predicted octanol–water partition coefficient (Wildman–Crippen LogP) is 1.28. The number of nitrogens with one attached hydrogen (secondary N) is 1. The highest BCUT2D eigenvalue weighted by Crippen LogP contribution is 2.29. The van der Waals surface area contributed by atoms with Crippen LogP contribution in [0.5, 0.6) is 5.75 Å². The molecule has 4 nitrogen and oxygen atoms in total. The molecular formula is C10H8N2O2. The van der Waals surface area contributed by atoms with E-state index in [0.717, 1.165) is 0 Å². The number of carbonyl (C=O) groups excluding carboxylic acids is 1. The van der Waals surface area contributed by atoms with Gasteiger partial charge in [-0.15, -0.1) is 0 Å². The largest absolute Gasteiger partial charge is 0.479 e. The van der Waals surface area contributed by atoms with Gasteiger partial charge in [-0.3, -0.25) is 4.79 Å². The van der Waals surface area contributed by atoms with Gasteiger partial charge in [-0.05, 0) is 25.1 Å². The monoisotopic (exact) mass is 188 g/mol. The van der Waals surface area contributed by atoms with Crippen LogP contribution in [0.1, 0.15) is 12.5 Å². The van der Waals surface area contributed by atoms with Crippen LogP contribution >= 0.6 is 0 Å². The van der Waals surface area contributed by atoms with E-state index in [2.05, 4.69) is 5.32 Å². The molecule has 1 aliphatic rings. The van der Waals surface area contributed by atoms with Gasteiger partial charge in [0.05, 0.1) is 17.3 Å². The molecule has 14 heavy (non-hydrogen) atoms. The Labute approximate surface area is 81.1 Å². The average molecular weight is 188 g/mol. The first-order chi connectivity index (χ1) is 6.70. The van der Waals surface area contributed by atoms with Gasteiger partial charge in [0.1, 0.15) is 5.75 Å². The Morgan fingerprint density at radius 2 is 2.36 bits per heavy atom. The molecule has 0 saturated heterocycles. The Balaban J connectivity index is 2.44. The van der Waals surface area contributed by atoms with Gasteiger partial charge in [-0.1, -0.05) is 0 Å². The fourth-order valence-corrected chi connectivity index (χ4v) is 1.28. The number of nitriles is 1. The van der Waals surface area contributed by atoms with Crippen molar-refractivity contribution in [3.8, 4) is 11.8 Å². The number of fused-ring (bicyclic) bond motifs is 1. The maximum atomic E-state index is 11.2. The third-order valence-corrected chi connectivity index (χ3v) is 2.04. The predicted molar refractivity (Wildman–Crippen MR) is 49.9 cm³/mol. The normalized spacial score (nSPS) is 18.9. The molecule has 0 aromatic heterocycles. The molecule has 1 atom stereocenters. The van der Waals surface area contributed by atoms with Gasteiger partial charge < -0.3 is 10.1 Å². The molecule has 0 aliphatic carbocycles. The number of amides is 1. The Morgan fingerprint density at radius 3 is 3.07 bits per heavy atom. The van der Waals surface area contributed by atoms with E-state index in [4.69, 9.17) is 10.00 Å². The number of hydrogen-bond donors (Lipinski definition) is 1. The molecule has 2 rings (SSSR count). The highest BCUT2D eigenvalue weighted by molar-refractivity contribution is 5.97. The lowest BCUT2D eigenvalue weighted by Crippen LogP contribution is -2.34. The van der Waals surface area contributed by atoms with Crippen LogP contribution in [-0.2, 0) is 4.79 Å². The summed E-state index contributed by atoms with van der Waals surface area (Å²) in [4.78, 5) is 11.2. The number of rotatable bonds is 0. The zero-order chi connectivity index (χ0) is 10.1. The number of ether oxygens (including phenoxy) is 1. The van der Waals surface area contributed by atoms with Crippen LogP contribution < -0.4 is 10.1 Å². The Hall–Kier alpha value is -2.02. The molecule has 1 amide bonds. The summed E-state index contributed by atoms with van der Waals surface area (Å²) < 4.78 is 5.32. The van der Waals surface area contributed by atoms with Crippen molar-refractivity contribution in [2.24, 2.45) is 0 Å². The third-order valence-electron chi connectivity index (χ3n) is 2.04. The van der Waals surface area contributed by atoms with E-state index in [1.807, 2.05) is 6.07 Å². The van der Waals surface area contributed by atoms with Gasteiger partial charge in [-0.25, -0.2) is 0 Å². The number of nitrogens with zero attached hydrogens (tertiary/aromatic N) is 1. The second kappa shape index (κ2) is 3.04. The molecule has 70 valence electrons. The van der Waals surface area contributed by atoms with Crippen LogP contribution in [-0.4, -0.2) is 12.0 Å². The number of carbonyl (C=O) groups is 1. The van der Waals surface area contributed by atoms with Crippen molar-refractivity contribution >= 4 is 11.6 Å². The summed E-state index contributed by atoms with van der Waals surface area (Å²) in [6, 6.07) is 6.93. The van der Waals surface area contributed by atoms with Gasteiger partial charge in [0, 0.05) is 0 Å². The Bertz CT molecular complexity index is 434. The molecule has 1 heterocycles. The van der Waals surface area contributed by atoms with E-state index in [1.54, 1.807) is 25.1 Å². The third kappa shape index (κ3) is 1.29. The molecule has 0 fully saturated rings. The minimum absolute atomic E-state index is 0.187. The minimum Gasteiger partial charge on any atom is -0.479 e. The molecule has 0 spiro atoms. The quantitative estimate of drug-likeness (QED) is 0.667. The first-order valence-electron chi connectivity index (χ1n) is 4.22. The lowest BCUT2D eigenvalue weighted by Gasteiger charge is -2.23. The summed E-state index contributed by atoms with van der Waals surface area (Å²) in [6.45, 7) is 1.68. The van der Waals surface area contributed by atoms with Gasteiger partial charge >= 0.3 is 0 Å². The van der Waals surface area contributed by atoms with Crippen LogP contribution in [0.25, 0.3) is 0 Å². The molecule has 1 aromatic carbocycles. The van der Waals surface area contributed by atoms with Crippen molar-refractivity contribution in [1.29, 1.82) is 5.26 Å². The van der Waals surface area contributed by atoms with Crippen LogP contribution in [0.3, 0.4) is 0 Å². The van der Waals surface area contributed by atoms with E-state index in [1.165, 1.54) is 0 Å². The lowest BCUT2D eigenvalue weighted by molar-refractivity contribution is -0.122. The van der Waals surface area contributed by atoms with Crippen LogP contribution in [0, 0.1) is 11.3 Å². The maximum absolute atomic E-state index is 11.2. The van der Waals surface area contributed by atoms with Gasteiger partial charge in [0.2, 0.25) is 0 Å². The van der Waals surface area contributed by atoms with E-state index in [9.17, 15) is 4.79 Å². The maximum Gasteiger partial charge on any atom is 0.265 e. The molecule has 1 unspecified atom stereocenters. The van der Waals surface area contributed by atoms with E-state index >= 15 is 0 Å². The standard InChI is InChI=1S/C10H8N2O2/c1-6-10(13)12-8-4-7(5-11)2-3-9(8)14-6/h2-4,6H,1H3,(H,12,13). The van der Waals surface area contributed by atoms with E-state index in [-0.39, 0.29) is 5.91 Å². The first-order valence-corrected chi connectivity index (χ1v) is 4.22. The SMILES string of the molecule is CC1Oc2ccc(C#N)cc2NC1=O. The highest BCUT2D eigenvalue weighted by atomic mass is 16.5. The second-order valence-electron chi connectivity index (χ2n) is 3.07. The second-order valence-corrected chi connectivity index (χ2v) is 3.07. The number of anilines is 1. The summed E-state index contributed by atoms with van der Waals surface area (Å²) in [5, 5.41) is 11.3. The van der Waals surface area contributed by atoms with Crippen molar-refractivity contribution in [1.82, 2.24) is 0 Å². The molecule has 4 heteroatoms. The lowest BCUT2D eigenvalue weighted by atomic mass is 10.1. The Kier molecular flexibility index (Phi) is 1.86. The fraction of sp³-hybridized carbons (Fsp3) is 0.200. The zero-order valence-corrected chi connectivity index (χ0v) is 7.57. The van der Waals surface area contributed by atoms with Gasteiger partial charge in [0.15, 0.2) is 6.10 Å². The van der Waals surface area contributed by atoms with Gasteiger partial charge in [-0.2, -0.15) is 5.26 Å². The smallest absolute Gasteiger partial charge is 0.265 e. The molecule has 1 aromatic rings. The molecule has 1 N–H and O–H groups in total. The number of benzene rings is 1. The van der Waals surface area contributed by atoms with Crippen LogP contribution in [0.15, 0.2) is 18.2 Å². The van der Waals surface area contributed by atoms with Crippen molar-refractivity contribution in [3.05, 3.63) is 23.8 Å². The topological polar surface area (TPSA) is 62.1 Å². The van der Waals surface area contributed by atoms with Gasteiger partial charge in [0.25, 0.3) is 5.91 Å². The average Bonchev–Trinajstić information content (AvgIpc) is 2.19. The van der Waals surface area contributed by atoms with E-state index in [0.29, 0.717) is 17.0 Å². The molecular weight excluding hydrogens is 180 g/mol. The zero-order valence-electron chi connectivity index (χ0n) is 7.57. The molecule has 0 bridgehead atoms. The summed E-state index contributed by atoms with van der Waals surface area (Å²) in [5.74, 6) is 0.420. The Morgan fingerprint density at radius 1 is 1.57 bits per heavy atom. The molecule has 0 saturated carbocycles. The van der Waals surface area contributed by atoms with E-state index < -0.39 is 6.10 Å². The summed E-state index contributed by atoms with van der Waals surface area (Å²) >= 11 is 0. The highest BCUT2D eigenvalue weighted by Gasteiger charge is 2.23. The summed E-state index contributed by atoms with van der Waals surface area (Å²) in [5.41, 5.74) is 1.06. The van der Waals surface area contributed by atoms with Crippen molar-refractivity contribution in [3.63, 3.8) is 0 Å². The summed E-state index contributed by atoms with van der Waals surface area (Å²) in [7, 11) is 0. The van der Waals surface area contributed by atoms with Crippen molar-refractivity contribution in [2.45, 2.75) is 13.0 Å². The first kappa shape index (κ1) is 8.57. The number of hydrogen-bond acceptors (Lipinski definition) is 3. The van der Waals surface area contributed by atoms with Crippen molar-refractivity contribution < 1.29 is 9.53 Å². The fourth-order valence-electron chi connectivity index (χ4n) is 1.28. The minimum atomic E-state index is -0.476. The van der Waals surface area contributed by atoms with Crippen LogP contribution in [0.2, 0.25) is 0 Å². The molecule has 0 radical (unpaired) electrons. The van der Waals surface area contributed by atoms with Crippen molar-refractivity contribution in [2.75, 3.05) is 5.32 Å². The summed E-state index contributed by atoms with van der Waals surface area (Å²) in [6.07, 6.45) is -0.476.